The second-order valence-corrected chi connectivity index (χ2v) is 5.02. The van der Waals surface area contributed by atoms with Gasteiger partial charge in [-0.15, -0.1) is 0 Å². The molecule has 1 aromatic carbocycles. The third-order valence-corrected chi connectivity index (χ3v) is 2.95. The molecule has 1 aromatic rings. The second-order valence-electron chi connectivity index (χ2n) is 4.10. The minimum Gasteiger partial charge on any atom is -0.375 e. The molecule has 7 heteroatoms. The maximum atomic E-state index is 13.2. The number of halogens is 4. The molecule has 0 spiro atoms. The van der Waals surface area contributed by atoms with E-state index in [1.54, 1.807) is 6.07 Å². The summed E-state index contributed by atoms with van der Waals surface area (Å²) < 4.78 is 42.3. The van der Waals surface area contributed by atoms with Gasteiger partial charge in [0.15, 0.2) is 0 Å². The van der Waals surface area contributed by atoms with Crippen molar-refractivity contribution in [2.75, 3.05) is 13.2 Å². The molecule has 0 aliphatic carbocycles. The Kier molecular flexibility index (Phi) is 7.37. The van der Waals surface area contributed by atoms with Crippen LogP contribution in [0, 0.1) is 5.82 Å². The van der Waals surface area contributed by atoms with Gasteiger partial charge in [-0.05, 0) is 36.6 Å². The summed E-state index contributed by atoms with van der Waals surface area (Å²) in [5.41, 5.74) is 3.34. The molecule has 3 nitrogen and oxygen atoms in total. The van der Waals surface area contributed by atoms with Crippen molar-refractivity contribution in [2.45, 2.75) is 25.3 Å². The summed E-state index contributed by atoms with van der Waals surface area (Å²) in [6.07, 6.45) is -1.51. The Morgan fingerprint density at radius 3 is 2.63 bits per heavy atom. The van der Waals surface area contributed by atoms with Gasteiger partial charge in [0.25, 0.3) is 6.43 Å². The minimum atomic E-state index is -2.47. The molecule has 1 unspecified atom stereocenters. The lowest BCUT2D eigenvalue weighted by atomic mass is 10.0. The van der Waals surface area contributed by atoms with Crippen LogP contribution in [0.2, 0.25) is 0 Å². The molecule has 0 saturated carbocycles. The van der Waals surface area contributed by atoms with Crippen molar-refractivity contribution < 1.29 is 17.9 Å². The van der Waals surface area contributed by atoms with E-state index in [2.05, 4.69) is 21.4 Å². The number of nitrogens with one attached hydrogen (secondary N) is 1. The van der Waals surface area contributed by atoms with Crippen LogP contribution in [0.1, 0.15) is 12.0 Å². The topological polar surface area (TPSA) is 47.3 Å². The average Bonchev–Trinajstić information content (AvgIpc) is 2.31. The first-order valence-electron chi connectivity index (χ1n) is 5.78. The fourth-order valence-corrected chi connectivity index (χ4v) is 2.17. The van der Waals surface area contributed by atoms with Gasteiger partial charge in [-0.1, -0.05) is 15.9 Å². The predicted molar refractivity (Wildman–Crippen MR) is 70.4 cm³/mol. The van der Waals surface area contributed by atoms with Gasteiger partial charge in [0, 0.05) is 17.1 Å². The van der Waals surface area contributed by atoms with Gasteiger partial charge in [-0.3, -0.25) is 11.3 Å². The van der Waals surface area contributed by atoms with E-state index < -0.39 is 13.0 Å². The Hall–Kier alpha value is -0.630. The third kappa shape index (κ3) is 6.91. The lowest BCUT2D eigenvalue weighted by Gasteiger charge is -2.16. The van der Waals surface area contributed by atoms with Crippen molar-refractivity contribution in [1.82, 2.24) is 5.43 Å². The quantitative estimate of drug-likeness (QED) is 0.434. The Bertz CT molecular complexity index is 373. The monoisotopic (exact) mass is 340 g/mol. The molecule has 19 heavy (non-hydrogen) atoms. The Balaban J connectivity index is 2.43. The summed E-state index contributed by atoms with van der Waals surface area (Å²) in [6.45, 7) is -0.404. The first kappa shape index (κ1) is 16.4. The highest BCUT2D eigenvalue weighted by Gasteiger charge is 2.10. The number of hydrazine groups is 1. The molecular formula is C12H16BrF3N2O. The first-order chi connectivity index (χ1) is 9.01. The Labute approximate surface area is 118 Å². The van der Waals surface area contributed by atoms with Crippen LogP contribution in [0.3, 0.4) is 0 Å². The van der Waals surface area contributed by atoms with Crippen molar-refractivity contribution in [3.63, 3.8) is 0 Å². The number of ether oxygens (including phenoxy) is 1. The molecule has 0 aromatic heterocycles. The molecule has 0 aliphatic heterocycles. The summed E-state index contributed by atoms with van der Waals surface area (Å²) in [6, 6.07) is 4.40. The van der Waals surface area contributed by atoms with Crippen LogP contribution in [-0.2, 0) is 11.2 Å². The minimum absolute atomic E-state index is 0.161. The number of alkyl halides is 2. The van der Waals surface area contributed by atoms with Crippen molar-refractivity contribution >= 4 is 15.9 Å². The zero-order chi connectivity index (χ0) is 14.3. The molecule has 0 amide bonds. The van der Waals surface area contributed by atoms with Crippen LogP contribution in [0.5, 0.6) is 0 Å². The zero-order valence-electron chi connectivity index (χ0n) is 10.2. The second kappa shape index (κ2) is 8.52. The predicted octanol–water partition coefficient (Wildman–Crippen LogP) is 2.63. The molecule has 0 bridgehead atoms. The number of hydrogen-bond donors (Lipinski definition) is 2. The van der Waals surface area contributed by atoms with Gasteiger partial charge in [0.1, 0.15) is 12.4 Å². The fraction of sp³-hybridized carbons (Fsp3) is 0.500. The SMILES string of the molecule is NNC(CCOCC(F)F)Cc1cc(F)cc(Br)c1. The lowest BCUT2D eigenvalue weighted by Crippen LogP contribution is -2.37. The van der Waals surface area contributed by atoms with E-state index in [1.807, 2.05) is 0 Å². The molecule has 108 valence electrons. The summed E-state index contributed by atoms with van der Waals surface area (Å²) in [5, 5.41) is 0. The van der Waals surface area contributed by atoms with Crippen molar-refractivity contribution in [3.05, 3.63) is 34.1 Å². The number of benzene rings is 1. The van der Waals surface area contributed by atoms with Crippen LogP contribution in [0.25, 0.3) is 0 Å². The highest BCUT2D eigenvalue weighted by Crippen LogP contribution is 2.16. The summed E-state index contributed by atoms with van der Waals surface area (Å²) >= 11 is 3.20. The van der Waals surface area contributed by atoms with Crippen LogP contribution >= 0.6 is 15.9 Å². The molecule has 0 fully saturated rings. The highest BCUT2D eigenvalue weighted by molar-refractivity contribution is 9.10. The summed E-state index contributed by atoms with van der Waals surface area (Å²) in [7, 11) is 0. The Morgan fingerprint density at radius 1 is 1.32 bits per heavy atom. The van der Waals surface area contributed by atoms with E-state index in [4.69, 9.17) is 10.6 Å². The van der Waals surface area contributed by atoms with Gasteiger partial charge in [0.05, 0.1) is 0 Å². The van der Waals surface area contributed by atoms with E-state index in [1.165, 1.54) is 12.1 Å². The van der Waals surface area contributed by atoms with Crippen LogP contribution in [0.4, 0.5) is 13.2 Å². The van der Waals surface area contributed by atoms with E-state index in [0.717, 1.165) is 5.56 Å². The molecule has 3 N–H and O–H groups in total. The van der Waals surface area contributed by atoms with Gasteiger partial charge in [0.2, 0.25) is 0 Å². The van der Waals surface area contributed by atoms with E-state index in [9.17, 15) is 13.2 Å². The van der Waals surface area contributed by atoms with Crippen LogP contribution in [-0.4, -0.2) is 25.7 Å². The highest BCUT2D eigenvalue weighted by atomic mass is 79.9. The summed E-state index contributed by atoms with van der Waals surface area (Å²) in [5.74, 6) is 5.04. The van der Waals surface area contributed by atoms with E-state index in [-0.39, 0.29) is 18.5 Å². The first-order valence-corrected chi connectivity index (χ1v) is 6.57. The molecule has 0 saturated heterocycles. The number of hydrogen-bond acceptors (Lipinski definition) is 3. The largest absolute Gasteiger partial charge is 0.375 e. The third-order valence-electron chi connectivity index (χ3n) is 2.49. The number of nitrogens with two attached hydrogens (primary N) is 1. The Morgan fingerprint density at radius 2 is 2.05 bits per heavy atom. The smallest absolute Gasteiger partial charge is 0.261 e. The molecule has 1 atom stereocenters. The van der Waals surface area contributed by atoms with Crippen molar-refractivity contribution in [2.24, 2.45) is 5.84 Å². The molecule has 0 aliphatic rings. The van der Waals surface area contributed by atoms with Crippen molar-refractivity contribution in [3.8, 4) is 0 Å². The zero-order valence-corrected chi connectivity index (χ0v) is 11.8. The molecule has 0 radical (unpaired) electrons. The maximum absolute atomic E-state index is 13.2. The normalized spacial score (nSPS) is 12.9. The molecule has 1 rings (SSSR count). The van der Waals surface area contributed by atoms with E-state index in [0.29, 0.717) is 17.3 Å². The lowest BCUT2D eigenvalue weighted by molar-refractivity contribution is 0.0144. The average molecular weight is 341 g/mol. The fourth-order valence-electron chi connectivity index (χ4n) is 1.66. The maximum Gasteiger partial charge on any atom is 0.261 e. The van der Waals surface area contributed by atoms with Gasteiger partial charge < -0.3 is 4.74 Å². The van der Waals surface area contributed by atoms with E-state index >= 15 is 0 Å². The van der Waals surface area contributed by atoms with Crippen LogP contribution in [0.15, 0.2) is 22.7 Å². The van der Waals surface area contributed by atoms with Crippen LogP contribution < -0.4 is 11.3 Å². The summed E-state index contributed by atoms with van der Waals surface area (Å²) in [4.78, 5) is 0. The molecule has 0 heterocycles. The van der Waals surface area contributed by atoms with Gasteiger partial charge >= 0.3 is 0 Å². The number of rotatable bonds is 8. The molecular weight excluding hydrogens is 325 g/mol. The van der Waals surface area contributed by atoms with Crippen molar-refractivity contribution in [1.29, 1.82) is 0 Å². The van der Waals surface area contributed by atoms with Gasteiger partial charge in [-0.25, -0.2) is 13.2 Å². The standard InChI is InChI=1S/C12H16BrF3N2O/c13-9-3-8(4-10(14)6-9)5-11(18-17)1-2-19-7-12(15)16/h3-4,6,11-12,18H,1-2,5,7,17H2. The van der Waals surface area contributed by atoms with Gasteiger partial charge in [-0.2, -0.15) is 0 Å².